The van der Waals surface area contributed by atoms with Crippen molar-refractivity contribution in [3.63, 3.8) is 0 Å². The second kappa shape index (κ2) is 8.82. The van der Waals surface area contributed by atoms with Gasteiger partial charge in [0.1, 0.15) is 5.56 Å². The molecule has 6 heteroatoms. The van der Waals surface area contributed by atoms with E-state index in [-0.39, 0.29) is 18.5 Å². The maximum atomic E-state index is 12.6. The van der Waals surface area contributed by atoms with Crippen molar-refractivity contribution in [2.75, 3.05) is 5.32 Å². The summed E-state index contributed by atoms with van der Waals surface area (Å²) in [4.78, 5) is 21.4. The zero-order chi connectivity index (χ0) is 18.7. The highest BCUT2D eigenvalue weighted by molar-refractivity contribution is 6.05. The number of anilines is 2. The number of ether oxygens (including phenoxy) is 1. The Labute approximate surface area is 165 Å². The molecule has 0 fully saturated rings. The number of halogens is 1. The van der Waals surface area contributed by atoms with Gasteiger partial charge in [0.25, 0.3) is 0 Å². The molecule has 27 heavy (non-hydrogen) atoms. The van der Waals surface area contributed by atoms with Crippen LogP contribution in [-0.2, 0) is 11.2 Å². The van der Waals surface area contributed by atoms with E-state index in [1.807, 2.05) is 45.0 Å². The molecule has 2 aromatic heterocycles. The normalized spacial score (nSPS) is 10.6. The SMILES string of the molecule is CCc1ccc(Nc2c(C(=O)OC(C)C)cnc3nc(C)ccc23)cc1.Cl. The number of hydrogen-bond acceptors (Lipinski definition) is 5. The molecule has 0 aliphatic rings. The first-order valence-corrected chi connectivity index (χ1v) is 8.81. The van der Waals surface area contributed by atoms with E-state index in [1.54, 1.807) is 0 Å². The molecule has 1 aromatic carbocycles. The fourth-order valence-corrected chi connectivity index (χ4v) is 2.71. The van der Waals surface area contributed by atoms with Gasteiger partial charge in [-0.15, -0.1) is 12.4 Å². The van der Waals surface area contributed by atoms with Crippen molar-refractivity contribution in [2.45, 2.75) is 40.2 Å². The largest absolute Gasteiger partial charge is 0.459 e. The van der Waals surface area contributed by atoms with Gasteiger partial charge in [-0.25, -0.2) is 14.8 Å². The van der Waals surface area contributed by atoms with Crippen molar-refractivity contribution in [2.24, 2.45) is 0 Å². The first kappa shape index (κ1) is 20.6. The van der Waals surface area contributed by atoms with Gasteiger partial charge in [-0.3, -0.25) is 0 Å². The summed E-state index contributed by atoms with van der Waals surface area (Å²) in [7, 11) is 0. The lowest BCUT2D eigenvalue weighted by Gasteiger charge is -2.15. The van der Waals surface area contributed by atoms with E-state index in [0.29, 0.717) is 16.9 Å². The molecule has 5 nitrogen and oxygen atoms in total. The lowest BCUT2D eigenvalue weighted by molar-refractivity contribution is 0.0379. The average molecular weight is 386 g/mol. The second-order valence-electron chi connectivity index (χ2n) is 6.50. The van der Waals surface area contributed by atoms with Crippen LogP contribution in [0.15, 0.2) is 42.6 Å². The van der Waals surface area contributed by atoms with Crippen molar-refractivity contribution >= 4 is 40.8 Å². The smallest absolute Gasteiger partial charge is 0.342 e. The zero-order valence-corrected chi connectivity index (χ0v) is 16.8. The third-order valence-corrected chi connectivity index (χ3v) is 4.06. The van der Waals surface area contributed by atoms with Crippen molar-refractivity contribution in [3.05, 3.63) is 59.4 Å². The van der Waals surface area contributed by atoms with Crippen molar-refractivity contribution in [1.29, 1.82) is 0 Å². The Hall–Kier alpha value is -2.66. The molecule has 3 aromatic rings. The van der Waals surface area contributed by atoms with Gasteiger partial charge in [0, 0.05) is 23.0 Å². The zero-order valence-electron chi connectivity index (χ0n) is 15.9. The monoisotopic (exact) mass is 385 g/mol. The Morgan fingerprint density at radius 3 is 2.48 bits per heavy atom. The number of carbonyl (C=O) groups is 1. The number of nitrogens with zero attached hydrogens (tertiary/aromatic N) is 2. The fourth-order valence-electron chi connectivity index (χ4n) is 2.71. The Balaban J connectivity index is 0.00000261. The minimum absolute atomic E-state index is 0. The molecule has 2 heterocycles. The van der Waals surface area contributed by atoms with Crippen LogP contribution in [0.1, 0.15) is 42.4 Å². The Kier molecular flexibility index (Phi) is 6.75. The summed E-state index contributed by atoms with van der Waals surface area (Å²) in [6.07, 6.45) is 2.31. The van der Waals surface area contributed by atoms with E-state index in [2.05, 4.69) is 34.3 Å². The number of hydrogen-bond donors (Lipinski definition) is 1. The van der Waals surface area contributed by atoms with E-state index in [0.717, 1.165) is 23.2 Å². The number of aryl methyl sites for hydroxylation is 2. The van der Waals surface area contributed by atoms with Crippen LogP contribution < -0.4 is 5.32 Å². The fraction of sp³-hybridized carbons (Fsp3) is 0.286. The topological polar surface area (TPSA) is 64.1 Å². The van der Waals surface area contributed by atoms with E-state index in [4.69, 9.17) is 4.74 Å². The van der Waals surface area contributed by atoms with Gasteiger partial charge in [-0.1, -0.05) is 19.1 Å². The lowest BCUT2D eigenvalue weighted by atomic mass is 10.1. The molecule has 0 radical (unpaired) electrons. The molecule has 0 amide bonds. The van der Waals surface area contributed by atoms with E-state index in [9.17, 15) is 4.79 Å². The Bertz CT molecular complexity index is 940. The van der Waals surface area contributed by atoms with E-state index < -0.39 is 5.97 Å². The van der Waals surface area contributed by atoms with Crippen LogP contribution in [0.5, 0.6) is 0 Å². The van der Waals surface area contributed by atoms with Crippen LogP contribution in [0, 0.1) is 6.92 Å². The predicted molar refractivity (Wildman–Crippen MR) is 111 cm³/mol. The highest BCUT2D eigenvalue weighted by atomic mass is 35.5. The standard InChI is InChI=1S/C21H23N3O2.ClH/c1-5-15-7-9-16(10-8-15)24-19-17-11-6-14(4)23-20(17)22-12-18(19)21(25)26-13(2)3;/h6-13H,5H2,1-4H3,(H,22,23,24);1H. The first-order chi connectivity index (χ1) is 12.5. The van der Waals surface area contributed by atoms with Crippen molar-refractivity contribution in [1.82, 2.24) is 9.97 Å². The molecule has 0 aliphatic heterocycles. The van der Waals surface area contributed by atoms with Gasteiger partial charge >= 0.3 is 5.97 Å². The van der Waals surface area contributed by atoms with Crippen molar-refractivity contribution < 1.29 is 9.53 Å². The third-order valence-electron chi connectivity index (χ3n) is 4.06. The second-order valence-corrected chi connectivity index (χ2v) is 6.50. The number of esters is 1. The lowest BCUT2D eigenvalue weighted by Crippen LogP contribution is -2.14. The first-order valence-electron chi connectivity index (χ1n) is 8.81. The molecule has 142 valence electrons. The minimum atomic E-state index is -0.400. The van der Waals surface area contributed by atoms with Crippen LogP contribution in [0.3, 0.4) is 0 Å². The number of pyridine rings is 2. The van der Waals surface area contributed by atoms with Crippen LogP contribution in [0.4, 0.5) is 11.4 Å². The molecule has 0 aliphatic carbocycles. The van der Waals surface area contributed by atoms with Gasteiger partial charge in [0.15, 0.2) is 5.65 Å². The maximum Gasteiger partial charge on any atom is 0.342 e. The third kappa shape index (κ3) is 4.74. The molecule has 0 atom stereocenters. The number of fused-ring (bicyclic) bond motifs is 1. The van der Waals surface area contributed by atoms with Crippen LogP contribution >= 0.6 is 12.4 Å². The number of nitrogens with one attached hydrogen (secondary N) is 1. The van der Waals surface area contributed by atoms with E-state index >= 15 is 0 Å². The van der Waals surface area contributed by atoms with Gasteiger partial charge in [0.2, 0.25) is 0 Å². The number of aromatic nitrogens is 2. The summed E-state index contributed by atoms with van der Waals surface area (Å²) in [6, 6.07) is 12.0. The Morgan fingerprint density at radius 2 is 1.85 bits per heavy atom. The molecular formula is C21H24ClN3O2. The molecule has 0 unspecified atom stereocenters. The highest BCUT2D eigenvalue weighted by Gasteiger charge is 2.19. The van der Waals surface area contributed by atoms with Gasteiger partial charge < -0.3 is 10.1 Å². The maximum absolute atomic E-state index is 12.6. The average Bonchev–Trinajstić information content (AvgIpc) is 2.61. The van der Waals surface area contributed by atoms with Gasteiger partial charge in [-0.05, 0) is 57.0 Å². The van der Waals surface area contributed by atoms with E-state index in [1.165, 1.54) is 11.8 Å². The predicted octanol–water partition coefficient (Wildman–Crippen LogP) is 5.23. The van der Waals surface area contributed by atoms with Crippen LogP contribution in [0.25, 0.3) is 11.0 Å². The summed E-state index contributed by atoms with van der Waals surface area (Å²) in [5, 5.41) is 4.15. The summed E-state index contributed by atoms with van der Waals surface area (Å²) < 4.78 is 5.38. The number of benzene rings is 1. The molecule has 1 N–H and O–H groups in total. The van der Waals surface area contributed by atoms with Gasteiger partial charge in [0.05, 0.1) is 11.8 Å². The highest BCUT2D eigenvalue weighted by Crippen LogP contribution is 2.29. The molecule has 0 bridgehead atoms. The number of carbonyl (C=O) groups excluding carboxylic acids is 1. The molecule has 0 spiro atoms. The molecule has 3 rings (SSSR count). The summed E-state index contributed by atoms with van der Waals surface area (Å²) in [5.74, 6) is -0.400. The van der Waals surface area contributed by atoms with Gasteiger partial charge in [-0.2, -0.15) is 0 Å². The minimum Gasteiger partial charge on any atom is -0.459 e. The quantitative estimate of drug-likeness (QED) is 0.609. The molecule has 0 saturated heterocycles. The summed E-state index contributed by atoms with van der Waals surface area (Å²) in [6.45, 7) is 7.69. The van der Waals surface area contributed by atoms with Crippen LogP contribution in [0.2, 0.25) is 0 Å². The molecular weight excluding hydrogens is 362 g/mol. The van der Waals surface area contributed by atoms with Crippen molar-refractivity contribution in [3.8, 4) is 0 Å². The number of rotatable bonds is 5. The Morgan fingerprint density at radius 1 is 1.15 bits per heavy atom. The van der Waals surface area contributed by atoms with Crippen LogP contribution in [-0.4, -0.2) is 22.0 Å². The molecule has 0 saturated carbocycles. The summed E-state index contributed by atoms with van der Waals surface area (Å²) >= 11 is 0. The summed E-state index contributed by atoms with van der Waals surface area (Å²) in [5.41, 5.74) is 4.69.